The van der Waals surface area contributed by atoms with Crippen LogP contribution in [0.1, 0.15) is 24.8 Å². The normalized spacial score (nSPS) is 10.6. The van der Waals surface area contributed by atoms with Crippen molar-refractivity contribution in [3.63, 3.8) is 0 Å². The zero-order valence-corrected chi connectivity index (χ0v) is 18.3. The lowest BCUT2D eigenvalue weighted by molar-refractivity contribution is -0.143. The highest BCUT2D eigenvalue weighted by Gasteiger charge is 2.17. The van der Waals surface area contributed by atoms with Crippen LogP contribution in [0.3, 0.4) is 0 Å². The van der Waals surface area contributed by atoms with Crippen molar-refractivity contribution in [2.45, 2.75) is 26.4 Å². The molecule has 29 heavy (non-hydrogen) atoms. The van der Waals surface area contributed by atoms with Gasteiger partial charge in [-0.05, 0) is 47.2 Å². The fraction of sp³-hybridized carbons (Fsp3) is 0.286. The van der Waals surface area contributed by atoms with Gasteiger partial charge in [0.1, 0.15) is 6.61 Å². The number of benzene rings is 2. The minimum atomic E-state index is -0.289. The second kappa shape index (κ2) is 10.2. The molecule has 0 aliphatic carbocycles. The van der Waals surface area contributed by atoms with Crippen molar-refractivity contribution < 1.29 is 23.5 Å². The van der Waals surface area contributed by atoms with Gasteiger partial charge in [0.25, 0.3) is 0 Å². The molecule has 0 unspecified atom stereocenters. The molecule has 0 aliphatic rings. The van der Waals surface area contributed by atoms with Crippen molar-refractivity contribution in [3.8, 4) is 22.9 Å². The van der Waals surface area contributed by atoms with Crippen LogP contribution in [0, 0.1) is 3.57 Å². The van der Waals surface area contributed by atoms with Crippen LogP contribution in [-0.4, -0.2) is 29.8 Å². The van der Waals surface area contributed by atoms with E-state index in [2.05, 4.69) is 32.7 Å². The zero-order chi connectivity index (χ0) is 20.6. The number of rotatable bonds is 9. The van der Waals surface area contributed by atoms with Crippen LogP contribution in [0.5, 0.6) is 11.5 Å². The van der Waals surface area contributed by atoms with Crippen LogP contribution in [0.25, 0.3) is 11.4 Å². The Morgan fingerprint density at radius 2 is 1.97 bits per heavy atom. The van der Waals surface area contributed by atoms with Crippen LogP contribution in [0.4, 0.5) is 0 Å². The van der Waals surface area contributed by atoms with Crippen molar-refractivity contribution in [3.05, 3.63) is 57.5 Å². The summed E-state index contributed by atoms with van der Waals surface area (Å²) < 4.78 is 22.5. The molecule has 7 nitrogen and oxygen atoms in total. The standard InChI is InChI=1S/C21H21IN2O5/c1-3-27-20(25)10-9-19-23-21(24-29-19)15-11-17(26-2)18(12-16(15)22)28-13-14-7-5-4-6-8-14/h4-8,11-12H,3,9-10,13H2,1-2H3. The first-order chi connectivity index (χ1) is 14.1. The Labute approximate surface area is 182 Å². The first kappa shape index (κ1) is 21.1. The summed E-state index contributed by atoms with van der Waals surface area (Å²) in [6.45, 7) is 2.56. The number of aromatic nitrogens is 2. The SMILES string of the molecule is CCOC(=O)CCc1nc(-c2cc(OC)c(OCc3ccccc3)cc2I)no1. The summed E-state index contributed by atoms with van der Waals surface area (Å²) in [6, 6.07) is 13.6. The maximum Gasteiger partial charge on any atom is 0.306 e. The van der Waals surface area contributed by atoms with Gasteiger partial charge in [0, 0.05) is 15.6 Å². The molecule has 0 saturated heterocycles. The minimum Gasteiger partial charge on any atom is -0.493 e. The molecular formula is C21H21IN2O5. The zero-order valence-electron chi connectivity index (χ0n) is 16.2. The first-order valence-electron chi connectivity index (χ1n) is 9.13. The van der Waals surface area contributed by atoms with Gasteiger partial charge in [-0.3, -0.25) is 4.79 Å². The lowest BCUT2D eigenvalue weighted by Crippen LogP contribution is -2.05. The molecule has 0 fully saturated rings. The number of carbonyl (C=O) groups excluding carboxylic acids is 1. The molecule has 0 bridgehead atoms. The fourth-order valence-electron chi connectivity index (χ4n) is 2.62. The van der Waals surface area contributed by atoms with E-state index < -0.39 is 0 Å². The molecule has 152 valence electrons. The summed E-state index contributed by atoms with van der Waals surface area (Å²) in [5, 5.41) is 4.03. The van der Waals surface area contributed by atoms with Crippen LogP contribution < -0.4 is 9.47 Å². The molecule has 0 radical (unpaired) electrons. The summed E-state index contributed by atoms with van der Waals surface area (Å²) in [5.41, 5.74) is 1.83. The summed E-state index contributed by atoms with van der Waals surface area (Å²) in [6.07, 6.45) is 0.528. The Kier molecular flexibility index (Phi) is 7.45. The predicted molar refractivity (Wildman–Crippen MR) is 115 cm³/mol. The van der Waals surface area contributed by atoms with Gasteiger partial charge >= 0.3 is 5.97 Å². The highest BCUT2D eigenvalue weighted by Crippen LogP contribution is 2.36. The molecule has 1 aromatic heterocycles. The van der Waals surface area contributed by atoms with Crippen LogP contribution in [-0.2, 0) is 22.6 Å². The second-order valence-electron chi connectivity index (χ2n) is 6.07. The number of ether oxygens (including phenoxy) is 3. The van der Waals surface area contributed by atoms with Gasteiger partial charge in [-0.15, -0.1) is 0 Å². The smallest absolute Gasteiger partial charge is 0.306 e. The van der Waals surface area contributed by atoms with E-state index in [1.807, 2.05) is 42.5 Å². The maximum absolute atomic E-state index is 11.5. The molecule has 1 heterocycles. The second-order valence-corrected chi connectivity index (χ2v) is 7.24. The maximum atomic E-state index is 11.5. The third-order valence-corrected chi connectivity index (χ3v) is 4.94. The molecule has 0 spiro atoms. The molecule has 0 aliphatic heterocycles. The number of methoxy groups -OCH3 is 1. The lowest BCUT2D eigenvalue weighted by atomic mass is 10.2. The number of aryl methyl sites for hydroxylation is 1. The monoisotopic (exact) mass is 508 g/mol. The van der Waals surface area contributed by atoms with Crippen molar-refractivity contribution in [2.75, 3.05) is 13.7 Å². The number of nitrogens with zero attached hydrogens (tertiary/aromatic N) is 2. The van der Waals surface area contributed by atoms with Crippen LogP contribution >= 0.6 is 22.6 Å². The molecule has 3 rings (SSSR count). The summed E-state index contributed by atoms with van der Waals surface area (Å²) in [7, 11) is 1.59. The van der Waals surface area contributed by atoms with Crippen LogP contribution in [0.2, 0.25) is 0 Å². The molecule has 3 aromatic rings. The number of carbonyl (C=O) groups is 1. The van der Waals surface area contributed by atoms with Gasteiger partial charge in [0.15, 0.2) is 11.5 Å². The van der Waals surface area contributed by atoms with Gasteiger partial charge in [-0.1, -0.05) is 35.5 Å². The highest BCUT2D eigenvalue weighted by atomic mass is 127. The minimum absolute atomic E-state index is 0.197. The van der Waals surface area contributed by atoms with Crippen molar-refractivity contribution in [1.82, 2.24) is 10.1 Å². The Morgan fingerprint density at radius 1 is 1.17 bits per heavy atom. The number of hydrogen-bond donors (Lipinski definition) is 0. The van der Waals surface area contributed by atoms with E-state index in [1.165, 1.54) is 0 Å². The van der Waals surface area contributed by atoms with E-state index in [9.17, 15) is 4.79 Å². The topological polar surface area (TPSA) is 83.7 Å². The Hall–Kier alpha value is -2.62. The van der Waals surface area contributed by atoms with E-state index in [0.717, 1.165) is 14.7 Å². The molecule has 0 saturated carbocycles. The van der Waals surface area contributed by atoms with Crippen LogP contribution in [0.15, 0.2) is 47.0 Å². The molecule has 0 N–H and O–H groups in total. The van der Waals surface area contributed by atoms with Gasteiger partial charge in [0.2, 0.25) is 11.7 Å². The largest absolute Gasteiger partial charge is 0.493 e. The first-order valence-corrected chi connectivity index (χ1v) is 10.2. The Bertz CT molecular complexity index is 959. The van der Waals surface area contributed by atoms with Crippen molar-refractivity contribution >= 4 is 28.6 Å². The van der Waals surface area contributed by atoms with Gasteiger partial charge in [-0.2, -0.15) is 4.98 Å². The Balaban J connectivity index is 1.74. The lowest BCUT2D eigenvalue weighted by Gasteiger charge is -2.13. The summed E-state index contributed by atoms with van der Waals surface area (Å²) in [4.78, 5) is 15.9. The van der Waals surface area contributed by atoms with Gasteiger partial charge in [-0.25, -0.2) is 0 Å². The average molecular weight is 508 g/mol. The van der Waals surface area contributed by atoms with Gasteiger partial charge < -0.3 is 18.7 Å². The Morgan fingerprint density at radius 3 is 2.69 bits per heavy atom. The van der Waals surface area contributed by atoms with E-state index in [0.29, 0.717) is 42.8 Å². The van der Waals surface area contributed by atoms with E-state index >= 15 is 0 Å². The quantitative estimate of drug-likeness (QED) is 0.313. The highest BCUT2D eigenvalue weighted by molar-refractivity contribution is 14.1. The third-order valence-electron chi connectivity index (χ3n) is 4.05. The van der Waals surface area contributed by atoms with E-state index in [4.69, 9.17) is 18.7 Å². The number of hydrogen-bond acceptors (Lipinski definition) is 7. The number of esters is 1. The van der Waals surface area contributed by atoms with E-state index in [1.54, 1.807) is 14.0 Å². The fourth-order valence-corrected chi connectivity index (χ4v) is 3.30. The predicted octanol–water partition coefficient (Wildman–Crippen LogP) is 4.42. The number of halogens is 1. The molecular weight excluding hydrogens is 487 g/mol. The van der Waals surface area contributed by atoms with Crippen molar-refractivity contribution in [2.24, 2.45) is 0 Å². The third kappa shape index (κ3) is 5.69. The van der Waals surface area contributed by atoms with E-state index in [-0.39, 0.29) is 12.4 Å². The van der Waals surface area contributed by atoms with Gasteiger partial charge in [0.05, 0.1) is 20.1 Å². The summed E-state index contributed by atoms with van der Waals surface area (Å²) in [5.74, 6) is 1.74. The molecule has 0 atom stereocenters. The average Bonchev–Trinajstić information content (AvgIpc) is 3.20. The summed E-state index contributed by atoms with van der Waals surface area (Å²) >= 11 is 2.20. The molecule has 0 amide bonds. The van der Waals surface area contributed by atoms with Crippen molar-refractivity contribution in [1.29, 1.82) is 0 Å². The molecule has 2 aromatic carbocycles. The molecule has 8 heteroatoms.